The van der Waals surface area contributed by atoms with E-state index in [1.54, 1.807) is 12.1 Å². The summed E-state index contributed by atoms with van der Waals surface area (Å²) >= 11 is 0. The molecule has 5 heteroatoms. The van der Waals surface area contributed by atoms with Crippen molar-refractivity contribution in [3.8, 4) is 0 Å². The van der Waals surface area contributed by atoms with Crippen LogP contribution in [0.3, 0.4) is 0 Å². The molecule has 2 amide bonds. The molecule has 1 aliphatic rings. The molecule has 4 nitrogen and oxygen atoms in total. The van der Waals surface area contributed by atoms with Gasteiger partial charge in [-0.25, -0.2) is 4.39 Å². The second-order valence-electron chi connectivity index (χ2n) is 8.40. The molecule has 0 spiro atoms. The zero-order valence-corrected chi connectivity index (χ0v) is 16.1. The largest absolute Gasteiger partial charge is 0.347 e. The van der Waals surface area contributed by atoms with Gasteiger partial charge in [-0.3, -0.25) is 9.59 Å². The van der Waals surface area contributed by atoms with Crippen LogP contribution < -0.4 is 10.6 Å². The van der Waals surface area contributed by atoms with Gasteiger partial charge < -0.3 is 10.6 Å². The highest BCUT2D eigenvalue weighted by Gasteiger charge is 2.28. The summed E-state index contributed by atoms with van der Waals surface area (Å²) in [5, 5.41) is 5.71. The number of carbonyl (C=O) groups is 2. The van der Waals surface area contributed by atoms with Gasteiger partial charge in [0.25, 0.3) is 0 Å². The lowest BCUT2D eigenvalue weighted by atomic mass is 9.82. The Morgan fingerprint density at radius 2 is 1.69 bits per heavy atom. The van der Waals surface area contributed by atoms with E-state index in [0.717, 1.165) is 18.4 Å². The number of nitrogens with one attached hydrogen (secondary N) is 2. The molecular formula is C21H31FN2O2. The predicted molar refractivity (Wildman–Crippen MR) is 101 cm³/mol. The van der Waals surface area contributed by atoms with Gasteiger partial charge in [0.1, 0.15) is 5.82 Å². The second-order valence-corrected chi connectivity index (χ2v) is 8.40. The molecule has 1 aromatic rings. The Morgan fingerprint density at radius 3 is 2.27 bits per heavy atom. The van der Waals surface area contributed by atoms with E-state index in [-0.39, 0.29) is 35.6 Å². The third-order valence-corrected chi connectivity index (χ3v) is 5.02. The van der Waals surface area contributed by atoms with Gasteiger partial charge in [-0.05, 0) is 41.9 Å². The van der Waals surface area contributed by atoms with Crippen LogP contribution in [0.1, 0.15) is 70.9 Å². The van der Waals surface area contributed by atoms with Crippen molar-refractivity contribution in [2.75, 3.05) is 6.54 Å². The first-order valence-electron chi connectivity index (χ1n) is 9.57. The first-order valence-corrected chi connectivity index (χ1v) is 9.57. The van der Waals surface area contributed by atoms with Gasteiger partial charge >= 0.3 is 0 Å². The molecule has 0 aliphatic heterocycles. The van der Waals surface area contributed by atoms with E-state index >= 15 is 0 Å². The number of hydrogen-bond acceptors (Lipinski definition) is 2. The fourth-order valence-corrected chi connectivity index (χ4v) is 3.57. The molecule has 1 saturated carbocycles. The van der Waals surface area contributed by atoms with Crippen LogP contribution >= 0.6 is 0 Å². The van der Waals surface area contributed by atoms with Gasteiger partial charge in [-0.1, -0.05) is 52.2 Å². The highest BCUT2D eigenvalue weighted by Crippen LogP contribution is 2.32. The lowest BCUT2D eigenvalue weighted by molar-refractivity contribution is -0.127. The monoisotopic (exact) mass is 362 g/mol. The standard InChI is InChI=1S/C21H31FN2O2/c1-21(2,3)20(16-9-11-17(22)12-10-16)24-19(26)14-23-18(25)13-15-7-5-4-6-8-15/h9-12,15,20H,4-8,13-14H2,1-3H3,(H,23,25)(H,24,26). The molecule has 0 radical (unpaired) electrons. The predicted octanol–water partition coefficient (Wildman–Crippen LogP) is 4.12. The van der Waals surface area contributed by atoms with Gasteiger partial charge in [-0.15, -0.1) is 0 Å². The smallest absolute Gasteiger partial charge is 0.239 e. The van der Waals surface area contributed by atoms with Crippen molar-refractivity contribution in [3.63, 3.8) is 0 Å². The number of benzene rings is 1. The average Bonchev–Trinajstić information content (AvgIpc) is 2.59. The van der Waals surface area contributed by atoms with Crippen LogP contribution in [-0.2, 0) is 9.59 Å². The van der Waals surface area contributed by atoms with Crippen LogP contribution in [0, 0.1) is 17.2 Å². The van der Waals surface area contributed by atoms with Crippen LogP contribution in [0.25, 0.3) is 0 Å². The van der Waals surface area contributed by atoms with E-state index < -0.39 is 0 Å². The fourth-order valence-electron chi connectivity index (χ4n) is 3.57. The second kappa shape index (κ2) is 9.15. The van der Waals surface area contributed by atoms with Gasteiger partial charge in [-0.2, -0.15) is 0 Å². The molecule has 1 aromatic carbocycles. The summed E-state index contributed by atoms with van der Waals surface area (Å²) in [6.45, 7) is 6.02. The summed E-state index contributed by atoms with van der Waals surface area (Å²) in [6, 6.07) is 5.91. The van der Waals surface area contributed by atoms with Gasteiger partial charge in [0.2, 0.25) is 11.8 Å². The van der Waals surface area contributed by atoms with E-state index in [2.05, 4.69) is 10.6 Å². The summed E-state index contributed by atoms with van der Waals surface area (Å²) in [4.78, 5) is 24.4. The molecule has 144 valence electrons. The topological polar surface area (TPSA) is 58.2 Å². The van der Waals surface area contributed by atoms with Crippen LogP contribution in [0.5, 0.6) is 0 Å². The molecule has 1 atom stereocenters. The lowest BCUT2D eigenvalue weighted by Crippen LogP contribution is -2.42. The zero-order valence-electron chi connectivity index (χ0n) is 16.1. The van der Waals surface area contributed by atoms with Gasteiger partial charge in [0.15, 0.2) is 0 Å². The van der Waals surface area contributed by atoms with Crippen LogP contribution in [-0.4, -0.2) is 18.4 Å². The van der Waals surface area contributed by atoms with E-state index in [9.17, 15) is 14.0 Å². The Bertz CT molecular complexity index is 601. The molecule has 1 aliphatic carbocycles. The van der Waals surface area contributed by atoms with Crippen molar-refractivity contribution in [1.82, 2.24) is 10.6 Å². The summed E-state index contributed by atoms with van der Waals surface area (Å²) in [6.07, 6.45) is 6.38. The van der Waals surface area contributed by atoms with Crippen molar-refractivity contribution >= 4 is 11.8 Å². The molecule has 2 rings (SSSR count). The number of halogens is 1. The van der Waals surface area contributed by atoms with Crippen molar-refractivity contribution in [2.45, 2.75) is 65.3 Å². The Balaban J connectivity index is 1.86. The van der Waals surface area contributed by atoms with Crippen molar-refractivity contribution in [2.24, 2.45) is 11.3 Å². The number of rotatable bonds is 6. The van der Waals surface area contributed by atoms with E-state index in [1.165, 1.54) is 31.4 Å². The maximum atomic E-state index is 13.2. The zero-order chi connectivity index (χ0) is 19.2. The molecule has 0 saturated heterocycles. The van der Waals surface area contributed by atoms with Crippen LogP contribution in [0.2, 0.25) is 0 Å². The first kappa shape index (κ1) is 20.4. The number of amides is 2. The van der Waals surface area contributed by atoms with E-state index in [1.807, 2.05) is 20.8 Å². The Hall–Kier alpha value is -1.91. The summed E-state index contributed by atoms with van der Waals surface area (Å²) in [5.74, 6) is -0.136. The van der Waals surface area contributed by atoms with Gasteiger partial charge in [0, 0.05) is 6.42 Å². The van der Waals surface area contributed by atoms with E-state index in [4.69, 9.17) is 0 Å². The minimum Gasteiger partial charge on any atom is -0.347 e. The minimum atomic E-state index is -0.303. The number of carbonyl (C=O) groups excluding carboxylic acids is 2. The molecule has 0 heterocycles. The molecular weight excluding hydrogens is 331 g/mol. The highest BCUT2D eigenvalue weighted by atomic mass is 19.1. The fraction of sp³-hybridized carbons (Fsp3) is 0.619. The summed E-state index contributed by atoms with van der Waals surface area (Å²) in [5.41, 5.74) is 0.611. The first-order chi connectivity index (χ1) is 12.3. The van der Waals surface area contributed by atoms with Crippen molar-refractivity contribution in [1.29, 1.82) is 0 Å². The van der Waals surface area contributed by atoms with E-state index in [0.29, 0.717) is 12.3 Å². The summed E-state index contributed by atoms with van der Waals surface area (Å²) in [7, 11) is 0. The molecule has 1 unspecified atom stereocenters. The molecule has 2 N–H and O–H groups in total. The Labute approximate surface area is 155 Å². The Morgan fingerprint density at radius 1 is 1.08 bits per heavy atom. The molecule has 0 bridgehead atoms. The quantitative estimate of drug-likeness (QED) is 0.800. The van der Waals surface area contributed by atoms with Gasteiger partial charge in [0.05, 0.1) is 12.6 Å². The van der Waals surface area contributed by atoms with Crippen molar-refractivity contribution < 1.29 is 14.0 Å². The Kier molecular flexibility index (Phi) is 7.18. The third kappa shape index (κ3) is 6.43. The molecule has 26 heavy (non-hydrogen) atoms. The molecule has 0 aromatic heterocycles. The minimum absolute atomic E-state index is 0.0284. The highest BCUT2D eigenvalue weighted by molar-refractivity contribution is 5.85. The normalized spacial score (nSPS) is 16.8. The van der Waals surface area contributed by atoms with Crippen LogP contribution in [0.15, 0.2) is 24.3 Å². The number of hydrogen-bond donors (Lipinski definition) is 2. The maximum Gasteiger partial charge on any atom is 0.239 e. The molecule has 1 fully saturated rings. The average molecular weight is 362 g/mol. The SMILES string of the molecule is CC(C)(C)C(NC(=O)CNC(=O)CC1CCCCC1)c1ccc(F)cc1. The van der Waals surface area contributed by atoms with Crippen molar-refractivity contribution in [3.05, 3.63) is 35.6 Å². The third-order valence-electron chi connectivity index (χ3n) is 5.02. The van der Waals surface area contributed by atoms with Crippen LogP contribution in [0.4, 0.5) is 4.39 Å². The summed E-state index contributed by atoms with van der Waals surface area (Å²) < 4.78 is 13.2. The maximum absolute atomic E-state index is 13.2. The lowest BCUT2D eigenvalue weighted by Gasteiger charge is -2.32.